The van der Waals surface area contributed by atoms with Gasteiger partial charge in [0, 0.05) is 18.5 Å². The van der Waals surface area contributed by atoms with Gasteiger partial charge < -0.3 is 9.32 Å². The van der Waals surface area contributed by atoms with E-state index in [0.717, 1.165) is 0 Å². The summed E-state index contributed by atoms with van der Waals surface area (Å²) in [6, 6.07) is 8.61. The molecule has 2 heterocycles. The second-order valence-electron chi connectivity index (χ2n) is 4.26. The average Bonchev–Trinajstić information content (AvgIpc) is 2.85. The number of amides is 1. The lowest BCUT2D eigenvalue weighted by Gasteiger charge is -2.28. The number of halogens is 1. The molecule has 3 rings (SSSR count). The summed E-state index contributed by atoms with van der Waals surface area (Å²) in [4.78, 5) is 25.8. The number of carbonyl (C=O) groups excluding carboxylic acids is 2. The molecule has 1 amide bonds. The molecule has 0 radical (unpaired) electrons. The Morgan fingerprint density at radius 2 is 2.05 bits per heavy atom. The van der Waals surface area contributed by atoms with Gasteiger partial charge in [0.05, 0.1) is 17.5 Å². The molecule has 0 aliphatic carbocycles. The maximum Gasteiger partial charge on any atom is 0.263 e. The minimum atomic E-state index is -0.251. The Labute approximate surface area is 114 Å². The topological polar surface area (TPSA) is 50.5 Å². The van der Waals surface area contributed by atoms with Crippen LogP contribution in [0.4, 0.5) is 5.69 Å². The minimum Gasteiger partial charge on any atom is -0.452 e. The predicted octanol–water partition coefficient (Wildman–Crippen LogP) is 3.17. The molecule has 0 N–H and O–H groups in total. The number of benzene rings is 1. The Morgan fingerprint density at radius 3 is 2.79 bits per heavy atom. The second kappa shape index (κ2) is 4.55. The molecule has 96 valence electrons. The van der Waals surface area contributed by atoms with Gasteiger partial charge in [-0.2, -0.15) is 0 Å². The lowest BCUT2D eigenvalue weighted by atomic mass is 10.00. The van der Waals surface area contributed by atoms with Crippen LogP contribution in [0.5, 0.6) is 0 Å². The van der Waals surface area contributed by atoms with Crippen molar-refractivity contribution in [2.45, 2.75) is 6.42 Å². The van der Waals surface area contributed by atoms with Crippen molar-refractivity contribution in [2.24, 2.45) is 0 Å². The lowest BCUT2D eigenvalue weighted by Crippen LogP contribution is -2.37. The van der Waals surface area contributed by atoms with Crippen LogP contribution in [0.25, 0.3) is 0 Å². The van der Waals surface area contributed by atoms with E-state index in [4.69, 9.17) is 16.0 Å². The van der Waals surface area contributed by atoms with Gasteiger partial charge in [0.15, 0.2) is 5.78 Å². The zero-order chi connectivity index (χ0) is 13.4. The van der Waals surface area contributed by atoms with Gasteiger partial charge in [0.25, 0.3) is 5.91 Å². The summed E-state index contributed by atoms with van der Waals surface area (Å²) in [7, 11) is 0. The van der Waals surface area contributed by atoms with Gasteiger partial charge in [-0.1, -0.05) is 12.1 Å². The van der Waals surface area contributed by atoms with Crippen LogP contribution >= 0.6 is 11.6 Å². The summed E-state index contributed by atoms with van der Waals surface area (Å²) in [5, 5.41) is 0.0689. The maximum absolute atomic E-state index is 12.4. The van der Waals surface area contributed by atoms with E-state index in [0.29, 0.717) is 29.8 Å². The van der Waals surface area contributed by atoms with Gasteiger partial charge in [-0.25, -0.2) is 0 Å². The first kappa shape index (κ1) is 12.0. The number of furan rings is 1. The van der Waals surface area contributed by atoms with Crippen molar-refractivity contribution in [3.63, 3.8) is 0 Å². The molecule has 1 aromatic heterocycles. The summed E-state index contributed by atoms with van der Waals surface area (Å²) in [6.07, 6.45) is 1.69. The van der Waals surface area contributed by atoms with Crippen molar-refractivity contribution in [3.05, 3.63) is 52.9 Å². The van der Waals surface area contributed by atoms with E-state index in [1.165, 1.54) is 12.3 Å². The highest BCUT2D eigenvalue weighted by atomic mass is 35.5. The number of Topliss-reactive ketones (excluding diaryl/α,β-unsaturated/α-hetero) is 1. The van der Waals surface area contributed by atoms with Crippen molar-refractivity contribution in [1.82, 2.24) is 0 Å². The quantitative estimate of drug-likeness (QED) is 0.803. The fourth-order valence-corrected chi connectivity index (χ4v) is 2.41. The number of hydrogen-bond donors (Lipinski definition) is 0. The number of rotatable bonds is 1. The van der Waals surface area contributed by atoms with E-state index < -0.39 is 0 Å². The highest BCUT2D eigenvalue weighted by Gasteiger charge is 2.29. The predicted molar refractivity (Wildman–Crippen MR) is 70.8 cm³/mol. The van der Waals surface area contributed by atoms with Gasteiger partial charge in [0.2, 0.25) is 5.22 Å². The van der Waals surface area contributed by atoms with Crippen molar-refractivity contribution >= 4 is 29.0 Å². The van der Waals surface area contributed by atoms with Crippen molar-refractivity contribution in [2.75, 3.05) is 11.4 Å². The van der Waals surface area contributed by atoms with Crippen LogP contribution in [0.3, 0.4) is 0 Å². The fraction of sp³-hybridized carbons (Fsp3) is 0.143. The molecule has 2 aromatic rings. The Morgan fingerprint density at radius 1 is 1.26 bits per heavy atom. The molecule has 0 unspecified atom stereocenters. The number of hydrogen-bond acceptors (Lipinski definition) is 3. The molecule has 1 aromatic carbocycles. The van der Waals surface area contributed by atoms with Crippen LogP contribution in [0.1, 0.15) is 27.1 Å². The molecule has 19 heavy (non-hydrogen) atoms. The number of carbonyl (C=O) groups is 2. The summed E-state index contributed by atoms with van der Waals surface area (Å²) < 4.78 is 4.94. The second-order valence-corrected chi connectivity index (χ2v) is 4.60. The normalized spacial score (nSPS) is 14.4. The number of ketones is 1. The molecule has 1 aliphatic heterocycles. The molecule has 4 nitrogen and oxygen atoms in total. The third-order valence-electron chi connectivity index (χ3n) is 3.15. The van der Waals surface area contributed by atoms with Gasteiger partial charge in [0.1, 0.15) is 0 Å². The maximum atomic E-state index is 12.4. The number of para-hydroxylation sites is 1. The first-order chi connectivity index (χ1) is 9.18. The summed E-state index contributed by atoms with van der Waals surface area (Å²) in [6.45, 7) is 0.357. The molecular formula is C14H10ClNO3. The van der Waals surface area contributed by atoms with Crippen LogP contribution in [-0.4, -0.2) is 18.2 Å². The van der Waals surface area contributed by atoms with Gasteiger partial charge >= 0.3 is 0 Å². The molecule has 0 fully saturated rings. The van der Waals surface area contributed by atoms with Crippen LogP contribution in [0, 0.1) is 0 Å². The van der Waals surface area contributed by atoms with E-state index in [9.17, 15) is 9.59 Å². The van der Waals surface area contributed by atoms with Crippen molar-refractivity contribution in [1.29, 1.82) is 0 Å². The van der Waals surface area contributed by atoms with Crippen LogP contribution in [0.15, 0.2) is 41.0 Å². The monoisotopic (exact) mass is 275 g/mol. The van der Waals surface area contributed by atoms with Gasteiger partial charge in [-0.15, -0.1) is 0 Å². The lowest BCUT2D eigenvalue weighted by molar-refractivity contribution is 0.0955. The fourth-order valence-electron chi connectivity index (χ4n) is 2.22. The van der Waals surface area contributed by atoms with Crippen LogP contribution in [0.2, 0.25) is 5.22 Å². The Balaban J connectivity index is 2.04. The van der Waals surface area contributed by atoms with Gasteiger partial charge in [-0.3, -0.25) is 9.59 Å². The van der Waals surface area contributed by atoms with E-state index in [2.05, 4.69) is 0 Å². The number of anilines is 1. The molecule has 0 saturated heterocycles. The summed E-state index contributed by atoms with van der Waals surface area (Å²) in [5.74, 6) is -0.198. The first-order valence-electron chi connectivity index (χ1n) is 5.85. The minimum absolute atomic E-state index is 0.0536. The first-order valence-corrected chi connectivity index (χ1v) is 6.23. The zero-order valence-corrected chi connectivity index (χ0v) is 10.7. The van der Waals surface area contributed by atoms with E-state index in [1.807, 2.05) is 0 Å². The Kier molecular flexibility index (Phi) is 2.87. The molecule has 1 aliphatic rings. The van der Waals surface area contributed by atoms with Gasteiger partial charge in [-0.05, 0) is 29.8 Å². The van der Waals surface area contributed by atoms with E-state index in [-0.39, 0.29) is 16.9 Å². The third-order valence-corrected chi connectivity index (χ3v) is 3.44. The number of fused-ring (bicyclic) bond motifs is 1. The van der Waals surface area contributed by atoms with Crippen LogP contribution in [-0.2, 0) is 0 Å². The highest BCUT2D eigenvalue weighted by Crippen LogP contribution is 2.29. The van der Waals surface area contributed by atoms with Crippen molar-refractivity contribution in [3.8, 4) is 0 Å². The van der Waals surface area contributed by atoms with Crippen molar-refractivity contribution < 1.29 is 14.0 Å². The molecular weight excluding hydrogens is 266 g/mol. The largest absolute Gasteiger partial charge is 0.452 e. The Bertz CT molecular complexity index is 662. The van der Waals surface area contributed by atoms with E-state index in [1.54, 1.807) is 29.2 Å². The molecule has 0 spiro atoms. The average molecular weight is 276 g/mol. The molecule has 0 atom stereocenters. The summed E-state index contributed by atoms with van der Waals surface area (Å²) >= 11 is 5.83. The standard InChI is InChI=1S/C14H10ClNO3/c15-13-10(6-8-19-13)14(18)16-7-5-12(17)9-3-1-2-4-11(9)16/h1-4,6,8H,5,7H2. The SMILES string of the molecule is O=C1CCN(C(=O)c2ccoc2Cl)c2ccccc21. The molecule has 5 heteroatoms. The molecule has 0 saturated carbocycles. The number of nitrogens with zero attached hydrogens (tertiary/aromatic N) is 1. The molecule has 0 bridgehead atoms. The summed E-state index contributed by atoms with van der Waals surface area (Å²) in [5.41, 5.74) is 1.51. The van der Waals surface area contributed by atoms with E-state index >= 15 is 0 Å². The van der Waals surface area contributed by atoms with Crippen LogP contribution < -0.4 is 4.90 Å². The zero-order valence-electron chi connectivity index (χ0n) is 9.93. The third kappa shape index (κ3) is 1.94. The smallest absolute Gasteiger partial charge is 0.263 e. The Hall–Kier alpha value is -2.07. The highest BCUT2D eigenvalue weighted by molar-refractivity contribution is 6.33.